The van der Waals surface area contributed by atoms with Gasteiger partial charge in [0.15, 0.2) is 14.6 Å². The van der Waals surface area contributed by atoms with Gasteiger partial charge in [-0.25, -0.2) is 8.42 Å². The van der Waals surface area contributed by atoms with Crippen LogP contribution in [-0.4, -0.2) is 56.2 Å². The summed E-state index contributed by atoms with van der Waals surface area (Å²) in [6, 6.07) is 0. The largest absolute Gasteiger partial charge is 0.393 e. The van der Waals surface area contributed by atoms with E-state index in [4.69, 9.17) is 0 Å². The van der Waals surface area contributed by atoms with Gasteiger partial charge in [0.2, 0.25) is 5.91 Å². The fourth-order valence-electron chi connectivity index (χ4n) is 3.41. The van der Waals surface area contributed by atoms with Gasteiger partial charge in [0.25, 0.3) is 0 Å². The molecule has 6 nitrogen and oxygen atoms in total. The van der Waals surface area contributed by atoms with Crippen LogP contribution < -0.4 is 10.6 Å². The number of aliphatic hydroxyl groups is 1. The fourth-order valence-corrected chi connectivity index (χ4v) is 4.76. The van der Waals surface area contributed by atoms with Crippen molar-refractivity contribution in [3.8, 4) is 0 Å². The molecule has 3 N–H and O–H groups in total. The molecule has 2 atom stereocenters. The minimum absolute atomic E-state index is 0.0426. The number of piperidine rings is 1. The molecule has 21 heavy (non-hydrogen) atoms. The molecule has 0 bridgehead atoms. The highest BCUT2D eigenvalue weighted by molar-refractivity contribution is 7.92. The lowest BCUT2D eigenvalue weighted by Gasteiger charge is -2.35. The number of sulfone groups is 1. The third kappa shape index (κ3) is 3.57. The summed E-state index contributed by atoms with van der Waals surface area (Å²) in [6.45, 7) is 1.43. The Morgan fingerprint density at radius 1 is 1.29 bits per heavy atom. The second-order valence-corrected chi connectivity index (χ2v) is 8.66. The molecule has 1 aliphatic carbocycles. The first-order chi connectivity index (χ1) is 9.87. The lowest BCUT2D eigenvalue weighted by atomic mass is 9.86. The summed E-state index contributed by atoms with van der Waals surface area (Å²) in [7, 11) is -3.47. The number of hydrogen-bond acceptors (Lipinski definition) is 5. The molecule has 2 fully saturated rings. The number of aliphatic hydroxyl groups excluding tert-OH is 1. The Kier molecular flexibility index (Phi) is 5.27. The van der Waals surface area contributed by atoms with Crippen LogP contribution in [0.2, 0.25) is 0 Å². The van der Waals surface area contributed by atoms with Crippen molar-refractivity contribution in [2.24, 2.45) is 5.92 Å². The van der Waals surface area contributed by atoms with E-state index in [-0.39, 0.29) is 12.0 Å². The molecule has 1 saturated carbocycles. The molecule has 7 heteroatoms. The number of nitrogens with one attached hydrogen (secondary N) is 2. The van der Waals surface area contributed by atoms with Crippen molar-refractivity contribution in [1.82, 2.24) is 10.6 Å². The Bertz CT molecular complexity index is 471. The summed E-state index contributed by atoms with van der Waals surface area (Å²) in [5, 5.41) is 15.8. The SMILES string of the molecule is CS(=O)(=O)C1(C(=O)NCC2CCCCC2O)CCNCC1. The van der Waals surface area contributed by atoms with Gasteiger partial charge >= 0.3 is 0 Å². The maximum absolute atomic E-state index is 12.5. The monoisotopic (exact) mass is 318 g/mol. The lowest BCUT2D eigenvalue weighted by Crippen LogP contribution is -2.58. The van der Waals surface area contributed by atoms with Crippen LogP contribution in [0, 0.1) is 5.92 Å². The second-order valence-electron chi connectivity index (χ2n) is 6.34. The Hall–Kier alpha value is -0.660. The molecule has 2 aliphatic rings. The van der Waals surface area contributed by atoms with Crippen molar-refractivity contribution < 1.29 is 18.3 Å². The summed E-state index contributed by atoms with van der Waals surface area (Å²) >= 11 is 0. The molecule has 2 unspecified atom stereocenters. The van der Waals surface area contributed by atoms with Crippen LogP contribution in [0.25, 0.3) is 0 Å². The summed E-state index contributed by atoms with van der Waals surface area (Å²) in [6.07, 6.45) is 5.10. The lowest BCUT2D eigenvalue weighted by molar-refractivity contribution is -0.124. The quantitative estimate of drug-likeness (QED) is 0.668. The molecule has 0 spiro atoms. The summed E-state index contributed by atoms with van der Waals surface area (Å²) in [4.78, 5) is 12.5. The van der Waals surface area contributed by atoms with Crippen LogP contribution in [0.4, 0.5) is 0 Å². The van der Waals surface area contributed by atoms with E-state index in [2.05, 4.69) is 10.6 Å². The van der Waals surface area contributed by atoms with Crippen LogP contribution in [0.5, 0.6) is 0 Å². The maximum Gasteiger partial charge on any atom is 0.241 e. The molecule has 0 aromatic heterocycles. The number of hydrogen-bond donors (Lipinski definition) is 3. The maximum atomic E-state index is 12.5. The Morgan fingerprint density at radius 2 is 1.90 bits per heavy atom. The van der Waals surface area contributed by atoms with Gasteiger partial charge in [-0.1, -0.05) is 12.8 Å². The van der Waals surface area contributed by atoms with Crippen LogP contribution >= 0.6 is 0 Å². The zero-order valence-corrected chi connectivity index (χ0v) is 13.4. The van der Waals surface area contributed by atoms with E-state index in [1.807, 2.05) is 0 Å². The van der Waals surface area contributed by atoms with Crippen molar-refractivity contribution in [3.05, 3.63) is 0 Å². The first kappa shape index (κ1) is 16.7. The van der Waals surface area contributed by atoms with Gasteiger partial charge in [-0.05, 0) is 38.8 Å². The van der Waals surface area contributed by atoms with Gasteiger partial charge in [-0.2, -0.15) is 0 Å². The summed E-state index contributed by atoms with van der Waals surface area (Å²) in [5.41, 5.74) is 0. The third-order valence-corrected chi connectivity index (χ3v) is 6.94. The van der Waals surface area contributed by atoms with Crippen LogP contribution in [0.1, 0.15) is 38.5 Å². The van der Waals surface area contributed by atoms with E-state index in [0.717, 1.165) is 31.9 Å². The zero-order valence-electron chi connectivity index (χ0n) is 12.6. The average Bonchev–Trinajstić information content (AvgIpc) is 2.45. The molecule has 0 aromatic carbocycles. The molecule has 1 saturated heterocycles. The smallest absolute Gasteiger partial charge is 0.241 e. The molecule has 1 amide bonds. The average molecular weight is 318 g/mol. The number of carbonyl (C=O) groups is 1. The van der Waals surface area contributed by atoms with Crippen LogP contribution in [0.15, 0.2) is 0 Å². The molecular formula is C14H26N2O4S. The first-order valence-corrected chi connectivity index (χ1v) is 9.63. The van der Waals surface area contributed by atoms with E-state index in [0.29, 0.717) is 32.5 Å². The molecule has 2 rings (SSSR count). The standard InChI is InChI=1S/C14H26N2O4S/c1-21(19,20)14(6-8-15-9-7-14)13(18)16-10-11-4-2-3-5-12(11)17/h11-12,15,17H,2-10H2,1H3,(H,16,18). The highest BCUT2D eigenvalue weighted by atomic mass is 32.2. The second kappa shape index (κ2) is 6.62. The minimum Gasteiger partial charge on any atom is -0.393 e. The van der Waals surface area contributed by atoms with Gasteiger partial charge < -0.3 is 15.7 Å². The molecule has 0 radical (unpaired) electrons. The normalized spacial score (nSPS) is 29.8. The third-order valence-electron chi connectivity index (χ3n) is 4.93. The van der Waals surface area contributed by atoms with Gasteiger partial charge in [0.05, 0.1) is 6.10 Å². The predicted molar refractivity (Wildman–Crippen MR) is 80.7 cm³/mol. The van der Waals surface area contributed by atoms with E-state index < -0.39 is 20.5 Å². The zero-order chi connectivity index (χ0) is 15.5. The number of carbonyl (C=O) groups excluding carboxylic acids is 1. The fraction of sp³-hybridized carbons (Fsp3) is 0.929. The van der Waals surface area contributed by atoms with Crippen molar-refractivity contribution in [1.29, 1.82) is 0 Å². The van der Waals surface area contributed by atoms with Gasteiger partial charge in [0.1, 0.15) is 0 Å². The predicted octanol–water partition coefficient (Wildman–Crippen LogP) is -0.179. The Labute approximate surface area is 126 Å². The highest BCUT2D eigenvalue weighted by Crippen LogP contribution is 2.29. The van der Waals surface area contributed by atoms with E-state index in [1.54, 1.807) is 0 Å². The topological polar surface area (TPSA) is 95.5 Å². The van der Waals surface area contributed by atoms with Crippen molar-refractivity contribution in [2.75, 3.05) is 25.9 Å². The van der Waals surface area contributed by atoms with Crippen molar-refractivity contribution in [2.45, 2.75) is 49.4 Å². The van der Waals surface area contributed by atoms with Crippen LogP contribution in [-0.2, 0) is 14.6 Å². The minimum atomic E-state index is -3.47. The Balaban J connectivity index is 2.02. The van der Waals surface area contributed by atoms with E-state index in [9.17, 15) is 18.3 Å². The first-order valence-electron chi connectivity index (χ1n) is 7.73. The van der Waals surface area contributed by atoms with Gasteiger partial charge in [0, 0.05) is 18.7 Å². The number of amides is 1. The highest BCUT2D eigenvalue weighted by Gasteiger charge is 2.48. The summed E-state index contributed by atoms with van der Waals surface area (Å²) in [5.74, 6) is -0.356. The van der Waals surface area contributed by atoms with E-state index >= 15 is 0 Å². The van der Waals surface area contributed by atoms with Crippen molar-refractivity contribution in [3.63, 3.8) is 0 Å². The molecule has 0 aromatic rings. The van der Waals surface area contributed by atoms with Crippen molar-refractivity contribution >= 4 is 15.7 Å². The van der Waals surface area contributed by atoms with Gasteiger partial charge in [-0.3, -0.25) is 4.79 Å². The van der Waals surface area contributed by atoms with Gasteiger partial charge in [-0.15, -0.1) is 0 Å². The van der Waals surface area contributed by atoms with E-state index in [1.165, 1.54) is 0 Å². The molecular weight excluding hydrogens is 292 g/mol. The number of rotatable bonds is 4. The van der Waals surface area contributed by atoms with Crippen LogP contribution in [0.3, 0.4) is 0 Å². The molecule has 122 valence electrons. The summed E-state index contributed by atoms with van der Waals surface area (Å²) < 4.78 is 22.9. The molecule has 1 aliphatic heterocycles. The molecule has 1 heterocycles. The Morgan fingerprint density at radius 3 is 2.48 bits per heavy atom.